The van der Waals surface area contributed by atoms with Crippen LogP contribution in [-0.4, -0.2) is 29.1 Å². The van der Waals surface area contributed by atoms with Crippen molar-refractivity contribution >= 4 is 27.5 Å². The third kappa shape index (κ3) is 4.33. The van der Waals surface area contributed by atoms with Gasteiger partial charge in [-0.2, -0.15) is 0 Å². The number of nitrogens with one attached hydrogen (secondary N) is 1. The highest BCUT2D eigenvalue weighted by molar-refractivity contribution is 7.90. The second-order valence-corrected chi connectivity index (χ2v) is 8.15. The van der Waals surface area contributed by atoms with Crippen LogP contribution in [0.5, 0.6) is 0 Å². The lowest BCUT2D eigenvalue weighted by atomic mass is 10.1. The number of hydrogen-bond acceptors (Lipinski definition) is 4. The Kier molecular flexibility index (Phi) is 5.11. The molecule has 1 amide bonds. The van der Waals surface area contributed by atoms with Gasteiger partial charge < -0.3 is 4.57 Å². The maximum Gasteiger partial charge on any atom is 0.284 e. The van der Waals surface area contributed by atoms with Crippen molar-refractivity contribution in [1.29, 1.82) is 0 Å². The van der Waals surface area contributed by atoms with Gasteiger partial charge in [-0.1, -0.05) is 23.7 Å². The molecule has 0 radical (unpaired) electrons. The molecule has 6 nitrogen and oxygen atoms in total. The molecular formula is C15H18ClN3O3S. The van der Waals surface area contributed by atoms with Crippen molar-refractivity contribution < 1.29 is 13.2 Å². The summed E-state index contributed by atoms with van der Waals surface area (Å²) < 4.78 is 27.2. The van der Waals surface area contributed by atoms with Gasteiger partial charge in [-0.3, -0.25) is 4.79 Å². The van der Waals surface area contributed by atoms with E-state index in [4.69, 9.17) is 11.6 Å². The largest absolute Gasteiger partial charge is 0.337 e. The first kappa shape index (κ1) is 17.5. The van der Waals surface area contributed by atoms with E-state index >= 15 is 0 Å². The van der Waals surface area contributed by atoms with Crippen LogP contribution in [0.1, 0.15) is 35.7 Å². The van der Waals surface area contributed by atoms with E-state index in [1.54, 1.807) is 23.7 Å². The summed E-state index contributed by atoms with van der Waals surface area (Å²) in [5, 5.41) is -0.0451. The van der Waals surface area contributed by atoms with E-state index in [-0.39, 0.29) is 5.69 Å². The van der Waals surface area contributed by atoms with Gasteiger partial charge in [0.05, 0.1) is 5.25 Å². The van der Waals surface area contributed by atoms with Gasteiger partial charge in [0.2, 0.25) is 10.0 Å². The number of carbonyl (C=O) groups excluding carboxylic acids is 1. The predicted molar refractivity (Wildman–Crippen MR) is 89.0 cm³/mol. The predicted octanol–water partition coefficient (Wildman–Crippen LogP) is 2.13. The zero-order valence-corrected chi connectivity index (χ0v) is 14.6. The van der Waals surface area contributed by atoms with Crippen molar-refractivity contribution in [2.75, 3.05) is 0 Å². The van der Waals surface area contributed by atoms with Gasteiger partial charge in [-0.15, -0.1) is 0 Å². The number of aromatic nitrogens is 2. The Morgan fingerprint density at radius 3 is 2.48 bits per heavy atom. The first-order chi connectivity index (χ1) is 10.7. The summed E-state index contributed by atoms with van der Waals surface area (Å²) in [6.07, 6.45) is 2.02. The molecule has 1 N–H and O–H groups in total. The molecule has 1 aromatic heterocycles. The summed E-state index contributed by atoms with van der Waals surface area (Å²) in [5.41, 5.74) is 1.06. The fourth-order valence-corrected chi connectivity index (χ4v) is 2.59. The topological polar surface area (TPSA) is 81.1 Å². The van der Waals surface area contributed by atoms with E-state index in [9.17, 15) is 13.2 Å². The number of sulfonamides is 1. The third-order valence-electron chi connectivity index (χ3n) is 3.34. The number of benzene rings is 1. The second-order valence-electron chi connectivity index (χ2n) is 5.48. The Balaban J connectivity index is 2.17. The molecule has 0 bridgehead atoms. The summed E-state index contributed by atoms with van der Waals surface area (Å²) in [4.78, 5) is 16.3. The Morgan fingerprint density at radius 2 is 1.91 bits per heavy atom. The molecule has 124 valence electrons. The Labute approximate surface area is 140 Å². The zero-order chi connectivity index (χ0) is 17.2. The van der Waals surface area contributed by atoms with E-state index in [0.29, 0.717) is 17.3 Å². The molecule has 0 unspecified atom stereocenters. The van der Waals surface area contributed by atoms with E-state index in [2.05, 4.69) is 4.98 Å². The minimum atomic E-state index is -3.68. The average Bonchev–Trinajstić information content (AvgIpc) is 2.82. The lowest BCUT2D eigenvalue weighted by Gasteiger charge is -2.07. The van der Waals surface area contributed by atoms with Crippen molar-refractivity contribution in [1.82, 2.24) is 14.3 Å². The molecule has 0 fully saturated rings. The molecule has 0 aliphatic heterocycles. The smallest absolute Gasteiger partial charge is 0.284 e. The van der Waals surface area contributed by atoms with Crippen LogP contribution in [0, 0.1) is 0 Å². The fourth-order valence-electron chi connectivity index (χ4n) is 1.86. The van der Waals surface area contributed by atoms with Crippen molar-refractivity contribution in [2.24, 2.45) is 7.05 Å². The van der Waals surface area contributed by atoms with E-state index in [1.165, 1.54) is 20.0 Å². The van der Waals surface area contributed by atoms with Crippen molar-refractivity contribution in [2.45, 2.75) is 25.5 Å². The van der Waals surface area contributed by atoms with E-state index in [1.807, 2.05) is 16.9 Å². The Morgan fingerprint density at radius 1 is 1.30 bits per heavy atom. The van der Waals surface area contributed by atoms with Gasteiger partial charge in [0.1, 0.15) is 11.5 Å². The van der Waals surface area contributed by atoms with Gasteiger partial charge >= 0.3 is 0 Å². The van der Waals surface area contributed by atoms with Crippen molar-refractivity contribution in [3.05, 3.63) is 52.6 Å². The lowest BCUT2D eigenvalue weighted by molar-refractivity contribution is 0.0976. The number of nitrogens with zero attached hydrogens (tertiary/aromatic N) is 2. The summed E-state index contributed by atoms with van der Waals surface area (Å²) in [6, 6.07) is 7.31. The number of carbonyl (C=O) groups is 1. The van der Waals surface area contributed by atoms with Gasteiger partial charge in [0.15, 0.2) is 0 Å². The summed E-state index contributed by atoms with van der Waals surface area (Å²) in [7, 11) is -1.92. The maximum atomic E-state index is 12.0. The molecule has 8 heteroatoms. The maximum absolute atomic E-state index is 12.0. The quantitative estimate of drug-likeness (QED) is 0.890. The Bertz CT molecular complexity index is 811. The van der Waals surface area contributed by atoms with Crippen LogP contribution in [0.2, 0.25) is 5.02 Å². The van der Waals surface area contributed by atoms with Crippen LogP contribution in [0.15, 0.2) is 30.5 Å². The zero-order valence-electron chi connectivity index (χ0n) is 13.1. The first-order valence-electron chi connectivity index (χ1n) is 7.01. The van der Waals surface area contributed by atoms with Gasteiger partial charge in [-0.05, 0) is 31.5 Å². The number of hydrogen-bond donors (Lipinski definition) is 1. The third-order valence-corrected chi connectivity index (χ3v) is 5.30. The molecule has 23 heavy (non-hydrogen) atoms. The lowest BCUT2D eigenvalue weighted by Crippen LogP contribution is -2.36. The van der Waals surface area contributed by atoms with Crippen LogP contribution in [0.4, 0.5) is 0 Å². The summed E-state index contributed by atoms with van der Waals surface area (Å²) in [5.74, 6) is -0.0731. The average molecular weight is 356 g/mol. The number of halogens is 1. The molecule has 0 spiro atoms. The summed E-state index contributed by atoms with van der Waals surface area (Å²) in [6.45, 7) is 3.00. The highest BCUT2D eigenvalue weighted by Gasteiger charge is 2.22. The monoisotopic (exact) mass is 355 g/mol. The van der Waals surface area contributed by atoms with Gasteiger partial charge in [0.25, 0.3) is 5.91 Å². The Hall–Kier alpha value is -1.86. The summed E-state index contributed by atoms with van der Waals surface area (Å²) >= 11 is 5.85. The van der Waals surface area contributed by atoms with Crippen LogP contribution >= 0.6 is 11.6 Å². The van der Waals surface area contributed by atoms with Gasteiger partial charge in [-0.25, -0.2) is 18.1 Å². The van der Waals surface area contributed by atoms with E-state index in [0.717, 1.165) is 5.56 Å². The number of imidazole rings is 1. The number of aryl methyl sites for hydroxylation is 1. The van der Waals surface area contributed by atoms with Crippen molar-refractivity contribution in [3.8, 4) is 0 Å². The molecule has 0 saturated carbocycles. The molecule has 2 aromatic rings. The normalized spacial score (nSPS) is 11.7. The van der Waals surface area contributed by atoms with Crippen LogP contribution in [-0.2, 0) is 23.5 Å². The molecule has 1 aromatic carbocycles. The van der Waals surface area contributed by atoms with Gasteiger partial charge in [0, 0.05) is 24.7 Å². The van der Waals surface area contributed by atoms with Crippen LogP contribution in [0.3, 0.4) is 0 Å². The molecule has 0 atom stereocenters. The second kappa shape index (κ2) is 6.72. The van der Waals surface area contributed by atoms with Crippen LogP contribution in [0.25, 0.3) is 0 Å². The molecule has 0 aliphatic rings. The van der Waals surface area contributed by atoms with E-state index < -0.39 is 21.2 Å². The number of rotatable bonds is 5. The minimum Gasteiger partial charge on any atom is -0.337 e. The molecule has 0 aliphatic carbocycles. The molecule has 2 rings (SSSR count). The highest BCUT2D eigenvalue weighted by Crippen LogP contribution is 2.13. The SMILES string of the molecule is CC(C)S(=O)(=O)NC(=O)c1cn(C)c(Cc2ccc(Cl)cc2)n1. The molecule has 0 saturated heterocycles. The molecule has 1 heterocycles. The van der Waals surface area contributed by atoms with Crippen molar-refractivity contribution in [3.63, 3.8) is 0 Å². The van der Waals surface area contributed by atoms with Crippen LogP contribution < -0.4 is 4.72 Å². The standard InChI is InChI=1S/C15H18ClN3O3S/c1-10(2)23(21,22)18-15(20)13-9-19(3)14(17-13)8-11-4-6-12(16)7-5-11/h4-7,9-10H,8H2,1-3H3,(H,18,20). The highest BCUT2D eigenvalue weighted by atomic mass is 35.5. The fraction of sp³-hybridized carbons (Fsp3) is 0.333. The minimum absolute atomic E-state index is 0.0701. The number of amides is 1. The first-order valence-corrected chi connectivity index (χ1v) is 8.94. The molecular weight excluding hydrogens is 338 g/mol.